The van der Waals surface area contributed by atoms with Crippen molar-refractivity contribution in [3.8, 4) is 0 Å². The first-order valence-corrected chi connectivity index (χ1v) is 5.02. The molecule has 3 N–H and O–H groups in total. The van der Waals surface area contributed by atoms with Crippen LogP contribution >= 0.6 is 0 Å². The zero-order chi connectivity index (χ0) is 13.2. The number of hydrogen-bond acceptors (Lipinski definition) is 2. The fraction of sp³-hybridized carbons (Fsp3) is 0.364. The third kappa shape index (κ3) is 3.20. The second kappa shape index (κ2) is 5.18. The number of nitrogens with one attached hydrogen (secondary N) is 1. The minimum Gasteiger partial charge on any atom is -0.368 e. The van der Waals surface area contributed by atoms with Crippen LogP contribution in [0.1, 0.15) is 25.5 Å². The molecule has 1 aromatic rings. The molecule has 0 aliphatic rings. The molecule has 0 radical (unpaired) electrons. The number of halogens is 3. The van der Waals surface area contributed by atoms with Crippen LogP contribution in [0.5, 0.6) is 0 Å². The highest BCUT2D eigenvalue weighted by Gasteiger charge is 2.22. The number of rotatable bonds is 4. The Hall–Kier alpha value is -1.56. The third-order valence-electron chi connectivity index (χ3n) is 2.12. The second-order valence-electron chi connectivity index (χ2n) is 3.96. The molecule has 1 aromatic carbocycles. The summed E-state index contributed by atoms with van der Waals surface area (Å²) < 4.78 is 38.8. The number of hydrogen-bond donors (Lipinski definition) is 2. The van der Waals surface area contributed by atoms with E-state index in [0.29, 0.717) is 0 Å². The van der Waals surface area contributed by atoms with Gasteiger partial charge in [-0.15, -0.1) is 0 Å². The largest absolute Gasteiger partial charge is 0.368 e. The molecule has 1 amide bonds. The Labute approximate surface area is 96.8 Å². The van der Waals surface area contributed by atoms with Crippen molar-refractivity contribution >= 4 is 5.91 Å². The maximum atomic E-state index is 13.0. The normalized spacial score (nSPS) is 12.8. The van der Waals surface area contributed by atoms with E-state index in [2.05, 4.69) is 5.32 Å². The summed E-state index contributed by atoms with van der Waals surface area (Å²) in [6.45, 7) is 3.48. The lowest BCUT2D eigenvalue weighted by atomic mass is 10.0. The third-order valence-corrected chi connectivity index (χ3v) is 2.12. The van der Waals surface area contributed by atoms with Crippen molar-refractivity contribution in [3.63, 3.8) is 0 Å². The van der Waals surface area contributed by atoms with Gasteiger partial charge in [0.2, 0.25) is 5.91 Å². The highest BCUT2D eigenvalue weighted by atomic mass is 19.2. The lowest BCUT2D eigenvalue weighted by Crippen LogP contribution is -2.37. The van der Waals surface area contributed by atoms with Gasteiger partial charge in [-0.25, -0.2) is 13.2 Å². The van der Waals surface area contributed by atoms with E-state index in [4.69, 9.17) is 5.73 Å². The molecule has 94 valence electrons. The Balaban J connectivity index is 3.15. The van der Waals surface area contributed by atoms with E-state index >= 15 is 0 Å². The van der Waals surface area contributed by atoms with Crippen LogP contribution in [0.2, 0.25) is 0 Å². The Bertz CT molecular complexity index is 412. The van der Waals surface area contributed by atoms with Crippen LogP contribution in [0.15, 0.2) is 12.1 Å². The topological polar surface area (TPSA) is 55.1 Å². The summed E-state index contributed by atoms with van der Waals surface area (Å²) in [6.07, 6.45) is 0. The van der Waals surface area contributed by atoms with Crippen molar-refractivity contribution < 1.29 is 18.0 Å². The second-order valence-corrected chi connectivity index (χ2v) is 3.96. The van der Waals surface area contributed by atoms with Crippen LogP contribution in [0.3, 0.4) is 0 Å². The monoisotopic (exact) mass is 246 g/mol. The van der Waals surface area contributed by atoms with Crippen LogP contribution in [-0.2, 0) is 4.79 Å². The molecule has 0 aliphatic heterocycles. The number of nitrogens with two attached hydrogens (primary N) is 1. The van der Waals surface area contributed by atoms with Crippen molar-refractivity contribution in [2.75, 3.05) is 0 Å². The minimum absolute atomic E-state index is 0.0393. The highest BCUT2D eigenvalue weighted by molar-refractivity contribution is 5.81. The SMILES string of the molecule is CC(C)NC(C(N)=O)c1cc(F)c(F)c(F)c1. The van der Waals surface area contributed by atoms with E-state index < -0.39 is 29.4 Å². The quantitative estimate of drug-likeness (QED) is 0.793. The van der Waals surface area contributed by atoms with Crippen molar-refractivity contribution in [1.82, 2.24) is 5.32 Å². The minimum atomic E-state index is -1.57. The first-order chi connectivity index (χ1) is 7.82. The number of carbonyl (C=O) groups is 1. The molecule has 1 atom stereocenters. The van der Waals surface area contributed by atoms with Crippen molar-refractivity contribution in [1.29, 1.82) is 0 Å². The summed E-state index contributed by atoms with van der Waals surface area (Å²) in [5.74, 6) is -5.06. The fourth-order valence-corrected chi connectivity index (χ4v) is 1.42. The van der Waals surface area contributed by atoms with E-state index in [1.807, 2.05) is 0 Å². The maximum absolute atomic E-state index is 13.0. The Kier molecular flexibility index (Phi) is 4.11. The van der Waals surface area contributed by atoms with E-state index in [9.17, 15) is 18.0 Å². The predicted molar refractivity (Wildman–Crippen MR) is 56.5 cm³/mol. The number of carbonyl (C=O) groups excluding carboxylic acids is 1. The van der Waals surface area contributed by atoms with Crippen molar-refractivity contribution in [2.45, 2.75) is 25.9 Å². The van der Waals surface area contributed by atoms with E-state index in [-0.39, 0.29) is 11.6 Å². The average molecular weight is 246 g/mol. The molecule has 0 bridgehead atoms. The molecule has 0 fully saturated rings. The van der Waals surface area contributed by atoms with Gasteiger partial charge in [-0.1, -0.05) is 0 Å². The van der Waals surface area contributed by atoms with Gasteiger partial charge in [0.25, 0.3) is 0 Å². The summed E-state index contributed by atoms with van der Waals surface area (Å²) in [5, 5.41) is 2.74. The molecule has 1 unspecified atom stereocenters. The molecule has 3 nitrogen and oxygen atoms in total. The molecule has 0 heterocycles. The Morgan fingerprint density at radius 3 is 2.06 bits per heavy atom. The van der Waals surface area contributed by atoms with Crippen LogP contribution in [0, 0.1) is 17.5 Å². The van der Waals surface area contributed by atoms with Crippen LogP contribution < -0.4 is 11.1 Å². The van der Waals surface area contributed by atoms with Gasteiger partial charge in [0.05, 0.1) is 0 Å². The average Bonchev–Trinajstić information content (AvgIpc) is 2.21. The molecular weight excluding hydrogens is 233 g/mol. The zero-order valence-corrected chi connectivity index (χ0v) is 9.43. The summed E-state index contributed by atoms with van der Waals surface area (Å²) in [5.41, 5.74) is 5.08. The summed E-state index contributed by atoms with van der Waals surface area (Å²) >= 11 is 0. The molecular formula is C11H13F3N2O. The smallest absolute Gasteiger partial charge is 0.239 e. The molecule has 0 aromatic heterocycles. The summed E-state index contributed by atoms with van der Waals surface area (Å²) in [7, 11) is 0. The first kappa shape index (κ1) is 13.5. The van der Waals surface area contributed by atoms with Gasteiger partial charge in [-0.05, 0) is 31.5 Å². The number of benzene rings is 1. The van der Waals surface area contributed by atoms with Crippen LogP contribution in [0.25, 0.3) is 0 Å². The first-order valence-electron chi connectivity index (χ1n) is 5.02. The number of primary amides is 1. The summed E-state index contributed by atoms with van der Waals surface area (Å²) in [6, 6.07) is 0.329. The molecule has 0 saturated carbocycles. The van der Waals surface area contributed by atoms with E-state index in [0.717, 1.165) is 12.1 Å². The van der Waals surface area contributed by atoms with Gasteiger partial charge in [-0.2, -0.15) is 0 Å². The Morgan fingerprint density at radius 1 is 1.24 bits per heavy atom. The lowest BCUT2D eigenvalue weighted by Gasteiger charge is -2.18. The van der Waals surface area contributed by atoms with Gasteiger partial charge in [0, 0.05) is 6.04 Å². The zero-order valence-electron chi connectivity index (χ0n) is 9.43. The van der Waals surface area contributed by atoms with E-state index in [1.54, 1.807) is 13.8 Å². The predicted octanol–water partition coefficient (Wildman–Crippen LogP) is 1.63. The van der Waals surface area contributed by atoms with Gasteiger partial charge < -0.3 is 5.73 Å². The van der Waals surface area contributed by atoms with Gasteiger partial charge in [-0.3, -0.25) is 10.1 Å². The lowest BCUT2D eigenvalue weighted by molar-refractivity contribution is -0.120. The van der Waals surface area contributed by atoms with Crippen molar-refractivity contribution in [3.05, 3.63) is 35.1 Å². The fourth-order valence-electron chi connectivity index (χ4n) is 1.42. The highest BCUT2D eigenvalue weighted by Crippen LogP contribution is 2.19. The van der Waals surface area contributed by atoms with Crippen LogP contribution in [0.4, 0.5) is 13.2 Å². The Morgan fingerprint density at radius 2 is 1.71 bits per heavy atom. The summed E-state index contributed by atoms with van der Waals surface area (Å²) in [4.78, 5) is 11.2. The van der Waals surface area contributed by atoms with Crippen LogP contribution in [-0.4, -0.2) is 11.9 Å². The molecule has 1 rings (SSSR count). The standard InChI is InChI=1S/C11H13F3N2O/c1-5(2)16-10(11(15)17)6-3-7(12)9(14)8(13)4-6/h3-5,10,16H,1-2H3,(H2,15,17). The molecule has 0 spiro atoms. The van der Waals surface area contributed by atoms with Gasteiger partial charge in [0.15, 0.2) is 17.5 Å². The van der Waals surface area contributed by atoms with Gasteiger partial charge >= 0.3 is 0 Å². The van der Waals surface area contributed by atoms with Crippen molar-refractivity contribution in [2.24, 2.45) is 5.73 Å². The maximum Gasteiger partial charge on any atom is 0.239 e. The number of amides is 1. The molecule has 0 aliphatic carbocycles. The molecule has 17 heavy (non-hydrogen) atoms. The molecule has 6 heteroatoms. The molecule has 0 saturated heterocycles. The van der Waals surface area contributed by atoms with E-state index in [1.165, 1.54) is 0 Å². The van der Waals surface area contributed by atoms with Gasteiger partial charge in [0.1, 0.15) is 6.04 Å².